The van der Waals surface area contributed by atoms with Crippen molar-refractivity contribution in [2.75, 3.05) is 0 Å². The molecule has 1 aliphatic carbocycles. The van der Waals surface area contributed by atoms with Gasteiger partial charge in [0.15, 0.2) is 5.84 Å². The molecule has 17 heavy (non-hydrogen) atoms. The number of hydrogen-bond acceptors (Lipinski definition) is 2. The third-order valence-corrected chi connectivity index (χ3v) is 4.11. The van der Waals surface area contributed by atoms with E-state index in [-0.39, 0.29) is 5.84 Å². The van der Waals surface area contributed by atoms with Crippen molar-refractivity contribution in [1.29, 1.82) is 0 Å². The maximum Gasteiger partial charge on any atom is 0.186 e. The van der Waals surface area contributed by atoms with E-state index in [2.05, 4.69) is 23.6 Å². The molecule has 0 saturated heterocycles. The van der Waals surface area contributed by atoms with E-state index in [1.54, 1.807) is 0 Å². The first-order chi connectivity index (χ1) is 8.13. The Labute approximate surface area is 102 Å². The lowest BCUT2D eigenvalue weighted by Crippen LogP contribution is -2.26. The van der Waals surface area contributed by atoms with Gasteiger partial charge in [0.05, 0.1) is 5.69 Å². The summed E-state index contributed by atoms with van der Waals surface area (Å²) in [5.74, 6) is 1.73. The van der Waals surface area contributed by atoms with Crippen LogP contribution in [0.5, 0.6) is 0 Å². The molecular formula is C13H21N3O. The van der Waals surface area contributed by atoms with Crippen LogP contribution in [-0.4, -0.2) is 15.6 Å². The van der Waals surface area contributed by atoms with E-state index < -0.39 is 0 Å². The Hall–Kier alpha value is -1.45. The van der Waals surface area contributed by atoms with Gasteiger partial charge in [-0.3, -0.25) is 0 Å². The molecule has 1 aromatic rings. The van der Waals surface area contributed by atoms with E-state index in [9.17, 15) is 0 Å². The van der Waals surface area contributed by atoms with Gasteiger partial charge in [-0.2, -0.15) is 0 Å². The smallest absolute Gasteiger partial charge is 0.186 e. The third kappa shape index (κ3) is 2.30. The van der Waals surface area contributed by atoms with E-state index in [0.29, 0.717) is 6.04 Å². The van der Waals surface area contributed by atoms with E-state index in [0.717, 1.165) is 17.5 Å². The van der Waals surface area contributed by atoms with Crippen molar-refractivity contribution in [3.05, 3.63) is 24.0 Å². The number of hydrogen-bond donors (Lipinski definition) is 2. The summed E-state index contributed by atoms with van der Waals surface area (Å²) in [6.07, 6.45) is 5.62. The normalized spacial score (nSPS) is 30.5. The summed E-state index contributed by atoms with van der Waals surface area (Å²) in [5, 5.41) is 11.9. The molecule has 0 spiro atoms. The molecule has 1 saturated carbocycles. The summed E-state index contributed by atoms with van der Waals surface area (Å²) >= 11 is 0. The lowest BCUT2D eigenvalue weighted by atomic mass is 9.79. The minimum atomic E-state index is 0.196. The van der Waals surface area contributed by atoms with Crippen LogP contribution in [0.3, 0.4) is 0 Å². The van der Waals surface area contributed by atoms with Gasteiger partial charge in [-0.05, 0) is 43.2 Å². The van der Waals surface area contributed by atoms with Gasteiger partial charge in [0.1, 0.15) is 0 Å². The van der Waals surface area contributed by atoms with Gasteiger partial charge >= 0.3 is 0 Å². The average Bonchev–Trinajstić information content (AvgIpc) is 2.80. The van der Waals surface area contributed by atoms with E-state index in [1.165, 1.54) is 19.3 Å². The van der Waals surface area contributed by atoms with Crippen molar-refractivity contribution in [3.8, 4) is 0 Å². The van der Waals surface area contributed by atoms with Crippen LogP contribution in [-0.2, 0) is 0 Å². The van der Waals surface area contributed by atoms with Gasteiger partial charge in [-0.25, -0.2) is 0 Å². The van der Waals surface area contributed by atoms with Gasteiger partial charge in [0.25, 0.3) is 0 Å². The third-order valence-electron chi connectivity index (χ3n) is 4.11. The fraction of sp³-hybridized carbons (Fsp3) is 0.615. The molecule has 1 aliphatic rings. The molecule has 0 aromatic carbocycles. The summed E-state index contributed by atoms with van der Waals surface area (Å²) in [4.78, 5) is 0. The quantitative estimate of drug-likeness (QED) is 0.358. The Bertz CT molecular complexity index is 411. The highest BCUT2D eigenvalue weighted by Gasteiger charge is 2.26. The number of oxime groups is 1. The highest BCUT2D eigenvalue weighted by Crippen LogP contribution is 2.36. The zero-order chi connectivity index (χ0) is 12.4. The van der Waals surface area contributed by atoms with Crippen molar-refractivity contribution in [1.82, 2.24) is 4.57 Å². The Morgan fingerprint density at radius 2 is 2.18 bits per heavy atom. The Morgan fingerprint density at radius 1 is 1.41 bits per heavy atom. The molecule has 1 aromatic heterocycles. The molecular weight excluding hydrogens is 214 g/mol. The predicted octanol–water partition coefficient (Wildman–Crippen LogP) is 2.58. The lowest BCUT2D eigenvalue weighted by Gasteiger charge is -2.33. The van der Waals surface area contributed by atoms with Gasteiger partial charge in [-0.15, -0.1) is 0 Å². The fourth-order valence-electron chi connectivity index (χ4n) is 2.75. The molecule has 3 unspecified atom stereocenters. The van der Waals surface area contributed by atoms with Gasteiger partial charge in [0, 0.05) is 12.2 Å². The molecule has 0 radical (unpaired) electrons. The minimum Gasteiger partial charge on any atom is -0.409 e. The highest BCUT2D eigenvalue weighted by atomic mass is 16.4. The molecule has 2 rings (SSSR count). The Morgan fingerprint density at radius 3 is 2.82 bits per heavy atom. The first kappa shape index (κ1) is 12.0. The average molecular weight is 235 g/mol. The standard InChI is InChI=1S/C13H21N3O/c1-9-5-6-11(8-10(9)2)16-7-3-4-12(16)13(14)15-17/h3-4,7,9-11,17H,5-6,8H2,1-2H3,(H2,14,15). The van der Waals surface area contributed by atoms with Crippen molar-refractivity contribution < 1.29 is 5.21 Å². The summed E-state index contributed by atoms with van der Waals surface area (Å²) in [5.41, 5.74) is 6.51. The van der Waals surface area contributed by atoms with E-state index in [4.69, 9.17) is 10.9 Å². The van der Waals surface area contributed by atoms with Crippen LogP contribution in [0.1, 0.15) is 44.8 Å². The van der Waals surface area contributed by atoms with Crippen LogP contribution in [0.25, 0.3) is 0 Å². The van der Waals surface area contributed by atoms with Crippen molar-refractivity contribution >= 4 is 5.84 Å². The van der Waals surface area contributed by atoms with Crippen LogP contribution in [0.15, 0.2) is 23.5 Å². The van der Waals surface area contributed by atoms with Gasteiger partial charge in [0.2, 0.25) is 0 Å². The molecule has 3 atom stereocenters. The maximum atomic E-state index is 8.77. The summed E-state index contributed by atoms with van der Waals surface area (Å²) in [6, 6.07) is 4.33. The molecule has 1 fully saturated rings. The number of rotatable bonds is 2. The molecule has 94 valence electrons. The minimum absolute atomic E-state index is 0.196. The molecule has 4 heteroatoms. The van der Waals surface area contributed by atoms with Crippen molar-refractivity contribution in [2.45, 2.75) is 39.2 Å². The molecule has 3 N–H and O–H groups in total. The number of amidine groups is 1. The van der Waals surface area contributed by atoms with Crippen LogP contribution in [0.4, 0.5) is 0 Å². The first-order valence-corrected chi connectivity index (χ1v) is 6.28. The topological polar surface area (TPSA) is 63.5 Å². The van der Waals surface area contributed by atoms with Crippen molar-refractivity contribution in [2.24, 2.45) is 22.7 Å². The molecule has 0 aliphatic heterocycles. The second-order valence-electron chi connectivity index (χ2n) is 5.21. The van der Waals surface area contributed by atoms with Crippen molar-refractivity contribution in [3.63, 3.8) is 0 Å². The number of nitrogens with zero attached hydrogens (tertiary/aromatic N) is 2. The molecule has 4 nitrogen and oxygen atoms in total. The zero-order valence-corrected chi connectivity index (χ0v) is 10.5. The second-order valence-corrected chi connectivity index (χ2v) is 5.21. The monoisotopic (exact) mass is 235 g/mol. The van der Waals surface area contributed by atoms with Crippen LogP contribution < -0.4 is 5.73 Å². The van der Waals surface area contributed by atoms with Crippen LogP contribution >= 0.6 is 0 Å². The van der Waals surface area contributed by atoms with Crippen LogP contribution in [0.2, 0.25) is 0 Å². The molecule has 0 bridgehead atoms. The summed E-state index contributed by atoms with van der Waals surface area (Å²) in [7, 11) is 0. The number of aromatic nitrogens is 1. The van der Waals surface area contributed by atoms with Gasteiger partial charge < -0.3 is 15.5 Å². The second kappa shape index (κ2) is 4.82. The zero-order valence-electron chi connectivity index (χ0n) is 10.5. The molecule has 0 amide bonds. The largest absolute Gasteiger partial charge is 0.409 e. The van der Waals surface area contributed by atoms with Crippen LogP contribution in [0, 0.1) is 11.8 Å². The number of nitrogens with two attached hydrogens (primary N) is 1. The summed E-state index contributed by atoms with van der Waals surface area (Å²) in [6.45, 7) is 4.63. The predicted molar refractivity (Wildman–Crippen MR) is 68.2 cm³/mol. The van der Waals surface area contributed by atoms with E-state index in [1.807, 2.05) is 18.3 Å². The SMILES string of the molecule is CC1CCC(n2cccc2/C(N)=N/O)CC1C. The Kier molecular flexibility index (Phi) is 3.41. The first-order valence-electron chi connectivity index (χ1n) is 6.28. The summed E-state index contributed by atoms with van der Waals surface area (Å²) < 4.78 is 2.15. The Balaban J connectivity index is 2.21. The lowest BCUT2D eigenvalue weighted by molar-refractivity contribution is 0.210. The molecule has 1 heterocycles. The van der Waals surface area contributed by atoms with E-state index >= 15 is 0 Å². The van der Waals surface area contributed by atoms with Gasteiger partial charge in [-0.1, -0.05) is 19.0 Å². The maximum absolute atomic E-state index is 8.77. The highest BCUT2D eigenvalue weighted by molar-refractivity contribution is 5.95. The fourth-order valence-corrected chi connectivity index (χ4v) is 2.75.